The van der Waals surface area contributed by atoms with E-state index in [9.17, 15) is 22.8 Å². The number of nitrogens with one attached hydrogen (secondary N) is 1. The Morgan fingerprint density at radius 2 is 1.68 bits per heavy atom. The monoisotopic (exact) mass is 359 g/mol. The quantitative estimate of drug-likeness (QED) is 0.894. The fraction of sp³-hybridized carbons (Fsp3) is 0.500. The van der Waals surface area contributed by atoms with Crippen molar-refractivity contribution in [1.29, 1.82) is 0 Å². The fourth-order valence-electron chi connectivity index (χ4n) is 2.58. The van der Waals surface area contributed by atoms with E-state index in [2.05, 4.69) is 10.1 Å². The highest BCUT2D eigenvalue weighted by Crippen LogP contribution is 2.24. The maximum atomic E-state index is 12.3. The molecule has 6 nitrogen and oxygen atoms in total. The molecule has 0 spiro atoms. The molecule has 0 unspecified atom stereocenters. The smallest absolute Gasteiger partial charge is 0.406 e. The fourth-order valence-corrected chi connectivity index (χ4v) is 2.58. The van der Waals surface area contributed by atoms with Gasteiger partial charge in [-0.1, -0.05) is 0 Å². The Hall–Kier alpha value is -2.29. The second kappa shape index (κ2) is 7.73. The number of benzene rings is 1. The van der Waals surface area contributed by atoms with Gasteiger partial charge in [0.2, 0.25) is 11.8 Å². The third-order valence-electron chi connectivity index (χ3n) is 4.04. The zero-order valence-corrected chi connectivity index (χ0v) is 14.0. The minimum Gasteiger partial charge on any atom is -0.406 e. The van der Waals surface area contributed by atoms with Gasteiger partial charge >= 0.3 is 6.36 Å². The van der Waals surface area contributed by atoms with Gasteiger partial charge in [0.25, 0.3) is 0 Å². The molecule has 0 saturated carbocycles. The molecule has 1 N–H and O–H groups in total. The Morgan fingerprint density at radius 3 is 2.16 bits per heavy atom. The Morgan fingerprint density at radius 1 is 1.12 bits per heavy atom. The van der Waals surface area contributed by atoms with Crippen molar-refractivity contribution in [3.63, 3.8) is 0 Å². The van der Waals surface area contributed by atoms with Gasteiger partial charge in [-0.25, -0.2) is 0 Å². The first-order valence-corrected chi connectivity index (χ1v) is 7.82. The van der Waals surface area contributed by atoms with E-state index in [-0.39, 0.29) is 17.6 Å². The first-order valence-electron chi connectivity index (χ1n) is 7.82. The van der Waals surface area contributed by atoms with E-state index in [0.717, 1.165) is 12.1 Å². The summed E-state index contributed by atoms with van der Waals surface area (Å²) in [6.07, 6.45) is -4.75. The summed E-state index contributed by atoms with van der Waals surface area (Å²) < 4.78 is 40.1. The van der Waals surface area contributed by atoms with Gasteiger partial charge < -0.3 is 15.0 Å². The summed E-state index contributed by atoms with van der Waals surface area (Å²) >= 11 is 0. The Labute approximate surface area is 143 Å². The van der Waals surface area contributed by atoms with Gasteiger partial charge in [0.15, 0.2) is 0 Å². The number of carbonyl (C=O) groups is 2. The van der Waals surface area contributed by atoms with Crippen LogP contribution >= 0.6 is 0 Å². The summed E-state index contributed by atoms with van der Waals surface area (Å²) in [5.74, 6) is -0.599. The number of ether oxygens (including phenoxy) is 1. The summed E-state index contributed by atoms with van der Waals surface area (Å²) in [5.41, 5.74) is 0.383. The van der Waals surface area contributed by atoms with Crippen molar-refractivity contribution >= 4 is 17.5 Å². The number of hydrogen-bond acceptors (Lipinski definition) is 4. The molecule has 1 aromatic carbocycles. The van der Waals surface area contributed by atoms with Crippen molar-refractivity contribution < 1.29 is 27.5 Å². The number of rotatable bonds is 4. The second-order valence-corrected chi connectivity index (χ2v) is 5.78. The van der Waals surface area contributed by atoms with Crippen molar-refractivity contribution in [3.8, 4) is 5.75 Å². The average Bonchev–Trinajstić information content (AvgIpc) is 2.54. The molecule has 1 aromatic rings. The molecule has 1 fully saturated rings. The zero-order valence-electron chi connectivity index (χ0n) is 14.0. The summed E-state index contributed by atoms with van der Waals surface area (Å²) in [4.78, 5) is 27.3. The standard InChI is InChI=1S/C16H20F3N3O3/c1-11(21-7-9-22(10-8-21)12(2)23)15(24)20-13-3-5-14(6-4-13)25-16(17,18)19/h3-6,11H,7-10H2,1-2H3,(H,20,24)/t11-/m0/s1. The van der Waals surface area contributed by atoms with Gasteiger partial charge in [-0.15, -0.1) is 13.2 Å². The molecular weight excluding hydrogens is 339 g/mol. The SMILES string of the molecule is CC(=O)N1CCN([C@@H](C)C(=O)Nc2ccc(OC(F)(F)F)cc2)CC1. The van der Waals surface area contributed by atoms with Crippen LogP contribution in [0.5, 0.6) is 5.75 Å². The summed E-state index contributed by atoms with van der Waals surface area (Å²) in [6, 6.07) is 4.55. The molecule has 0 radical (unpaired) electrons. The molecule has 1 aliphatic rings. The molecule has 138 valence electrons. The van der Waals surface area contributed by atoms with Crippen molar-refractivity contribution in [2.45, 2.75) is 26.3 Å². The maximum Gasteiger partial charge on any atom is 0.573 e. The molecule has 2 amide bonds. The highest BCUT2D eigenvalue weighted by molar-refractivity contribution is 5.94. The molecule has 1 saturated heterocycles. The molecule has 0 aromatic heterocycles. The zero-order chi connectivity index (χ0) is 18.6. The lowest BCUT2D eigenvalue weighted by molar-refractivity contribution is -0.274. The lowest BCUT2D eigenvalue weighted by atomic mass is 10.2. The van der Waals surface area contributed by atoms with Crippen molar-refractivity contribution in [1.82, 2.24) is 9.80 Å². The van der Waals surface area contributed by atoms with Crippen LogP contribution in [0.4, 0.5) is 18.9 Å². The number of alkyl halides is 3. The lowest BCUT2D eigenvalue weighted by Gasteiger charge is -2.37. The van der Waals surface area contributed by atoms with Crippen molar-refractivity contribution in [2.75, 3.05) is 31.5 Å². The van der Waals surface area contributed by atoms with Gasteiger partial charge in [-0.05, 0) is 31.2 Å². The van der Waals surface area contributed by atoms with Gasteiger partial charge in [0, 0.05) is 38.8 Å². The third kappa shape index (κ3) is 5.63. The summed E-state index contributed by atoms with van der Waals surface area (Å²) in [6.45, 7) is 5.57. The van der Waals surface area contributed by atoms with E-state index in [1.54, 1.807) is 11.8 Å². The van der Waals surface area contributed by atoms with E-state index >= 15 is 0 Å². The number of halogens is 3. The van der Waals surface area contributed by atoms with Crippen molar-refractivity contribution in [2.24, 2.45) is 0 Å². The van der Waals surface area contributed by atoms with Crippen LogP contribution in [-0.4, -0.2) is 60.2 Å². The predicted molar refractivity (Wildman–Crippen MR) is 85.0 cm³/mol. The maximum absolute atomic E-state index is 12.3. The first kappa shape index (κ1) is 19.0. The molecule has 2 rings (SSSR count). The summed E-state index contributed by atoms with van der Waals surface area (Å²) in [5, 5.41) is 2.67. The van der Waals surface area contributed by atoms with Crippen LogP contribution in [0.1, 0.15) is 13.8 Å². The number of piperazine rings is 1. The Balaban J connectivity index is 1.88. The normalized spacial score (nSPS) is 17.1. The van der Waals surface area contributed by atoms with Gasteiger partial charge in [0.05, 0.1) is 6.04 Å². The van der Waals surface area contributed by atoms with E-state index in [1.807, 2.05) is 4.90 Å². The molecule has 0 aliphatic carbocycles. The van der Waals surface area contributed by atoms with Crippen LogP contribution in [-0.2, 0) is 9.59 Å². The van der Waals surface area contributed by atoms with Gasteiger partial charge in [-0.2, -0.15) is 0 Å². The van der Waals surface area contributed by atoms with Gasteiger partial charge in [0.1, 0.15) is 5.75 Å². The number of hydrogen-bond donors (Lipinski definition) is 1. The van der Waals surface area contributed by atoms with Gasteiger partial charge in [-0.3, -0.25) is 14.5 Å². The summed E-state index contributed by atoms with van der Waals surface area (Å²) in [7, 11) is 0. The van der Waals surface area contributed by atoms with Crippen LogP contribution in [0, 0.1) is 0 Å². The third-order valence-corrected chi connectivity index (χ3v) is 4.04. The van der Waals surface area contributed by atoms with E-state index in [4.69, 9.17) is 0 Å². The molecule has 25 heavy (non-hydrogen) atoms. The van der Waals surface area contributed by atoms with E-state index in [0.29, 0.717) is 31.9 Å². The molecule has 1 atom stereocenters. The number of amides is 2. The molecule has 1 aliphatic heterocycles. The Kier molecular flexibility index (Phi) is 5.89. The number of nitrogens with zero attached hydrogens (tertiary/aromatic N) is 2. The van der Waals surface area contributed by atoms with Crippen LogP contribution in [0.2, 0.25) is 0 Å². The second-order valence-electron chi connectivity index (χ2n) is 5.78. The lowest BCUT2D eigenvalue weighted by Crippen LogP contribution is -2.53. The first-order chi connectivity index (χ1) is 11.7. The van der Waals surface area contributed by atoms with Crippen LogP contribution in [0.15, 0.2) is 24.3 Å². The molecular formula is C16H20F3N3O3. The van der Waals surface area contributed by atoms with Crippen LogP contribution in [0.25, 0.3) is 0 Å². The molecule has 0 bridgehead atoms. The predicted octanol–water partition coefficient (Wildman–Crippen LogP) is 2.08. The molecule has 1 heterocycles. The highest BCUT2D eigenvalue weighted by atomic mass is 19.4. The van der Waals surface area contributed by atoms with Crippen LogP contribution < -0.4 is 10.1 Å². The van der Waals surface area contributed by atoms with E-state index < -0.39 is 12.4 Å². The minimum absolute atomic E-state index is 0.0120. The highest BCUT2D eigenvalue weighted by Gasteiger charge is 2.31. The Bertz CT molecular complexity index is 611. The minimum atomic E-state index is -4.75. The average molecular weight is 359 g/mol. The number of carbonyl (C=O) groups excluding carboxylic acids is 2. The number of anilines is 1. The van der Waals surface area contributed by atoms with Crippen molar-refractivity contribution in [3.05, 3.63) is 24.3 Å². The topological polar surface area (TPSA) is 61.9 Å². The van der Waals surface area contributed by atoms with Crippen LogP contribution in [0.3, 0.4) is 0 Å². The van der Waals surface area contributed by atoms with E-state index in [1.165, 1.54) is 19.1 Å². The largest absolute Gasteiger partial charge is 0.573 e. The molecule has 9 heteroatoms.